The SMILES string of the molecule is C[C@@H](Oc1cccc(CN(CCCOc2ccccc2)c2nc3ccccc3o2)c1)C(=O)O. The molecule has 0 spiro atoms. The van der Waals surface area contributed by atoms with Crippen LogP contribution in [-0.2, 0) is 11.3 Å². The molecular weight excluding hydrogens is 420 g/mol. The smallest absolute Gasteiger partial charge is 0.344 e. The first kappa shape index (κ1) is 22.2. The number of carboxylic acids is 1. The van der Waals surface area contributed by atoms with E-state index in [4.69, 9.17) is 19.0 Å². The Bertz CT molecular complexity index is 1160. The first-order valence-corrected chi connectivity index (χ1v) is 10.9. The van der Waals surface area contributed by atoms with Crippen LogP contribution in [-0.4, -0.2) is 35.3 Å². The number of carbonyl (C=O) groups is 1. The Morgan fingerprint density at radius 3 is 2.58 bits per heavy atom. The lowest BCUT2D eigenvalue weighted by Gasteiger charge is -2.21. The fraction of sp³-hybridized carbons (Fsp3) is 0.231. The molecule has 0 saturated heterocycles. The highest BCUT2D eigenvalue weighted by atomic mass is 16.5. The van der Waals surface area contributed by atoms with Crippen molar-refractivity contribution in [2.45, 2.75) is 26.0 Å². The number of oxazole rings is 1. The van der Waals surface area contributed by atoms with Crippen LogP contribution in [0.1, 0.15) is 18.9 Å². The lowest BCUT2D eigenvalue weighted by molar-refractivity contribution is -0.144. The maximum absolute atomic E-state index is 11.1. The highest BCUT2D eigenvalue weighted by molar-refractivity contribution is 5.74. The number of aliphatic carboxylic acids is 1. The summed E-state index contributed by atoms with van der Waals surface area (Å²) < 4.78 is 17.4. The van der Waals surface area contributed by atoms with Gasteiger partial charge in [0, 0.05) is 13.1 Å². The first-order chi connectivity index (χ1) is 16.1. The molecule has 1 atom stereocenters. The Kier molecular flexibility index (Phi) is 7.09. The van der Waals surface area contributed by atoms with E-state index in [0.717, 1.165) is 28.8 Å². The molecule has 7 nitrogen and oxygen atoms in total. The van der Waals surface area contributed by atoms with Gasteiger partial charge in [0.1, 0.15) is 17.0 Å². The molecule has 1 aromatic heterocycles. The van der Waals surface area contributed by atoms with Gasteiger partial charge in [-0.05, 0) is 55.3 Å². The number of carboxylic acid groups (broad SMARTS) is 1. The van der Waals surface area contributed by atoms with Crippen molar-refractivity contribution in [1.82, 2.24) is 4.98 Å². The Morgan fingerprint density at radius 1 is 1.03 bits per heavy atom. The summed E-state index contributed by atoms with van der Waals surface area (Å²) in [4.78, 5) is 17.8. The van der Waals surface area contributed by atoms with Crippen LogP contribution in [0, 0.1) is 0 Å². The lowest BCUT2D eigenvalue weighted by Crippen LogP contribution is -2.26. The summed E-state index contributed by atoms with van der Waals surface area (Å²) in [5, 5.41) is 9.11. The fourth-order valence-corrected chi connectivity index (χ4v) is 3.39. The predicted molar refractivity (Wildman–Crippen MR) is 126 cm³/mol. The zero-order chi connectivity index (χ0) is 23.0. The summed E-state index contributed by atoms with van der Waals surface area (Å²) in [6, 6.07) is 25.3. The fourth-order valence-electron chi connectivity index (χ4n) is 3.39. The van der Waals surface area contributed by atoms with Gasteiger partial charge in [0.05, 0.1) is 6.61 Å². The van der Waals surface area contributed by atoms with E-state index in [1.165, 1.54) is 6.92 Å². The number of hydrogen-bond donors (Lipinski definition) is 1. The highest BCUT2D eigenvalue weighted by Gasteiger charge is 2.16. The van der Waals surface area contributed by atoms with E-state index in [2.05, 4.69) is 4.98 Å². The standard InChI is InChI=1S/C26H26N2O5/c1-19(25(29)30)32-22-12-7-9-20(17-22)18-28(15-8-16-31-21-10-3-2-4-11-21)26-27-23-13-5-6-14-24(23)33-26/h2-7,9-14,17,19H,8,15-16,18H2,1H3,(H,29,30)/t19-/m1/s1. The van der Waals surface area contributed by atoms with E-state index < -0.39 is 12.1 Å². The van der Waals surface area contributed by atoms with E-state index in [9.17, 15) is 4.79 Å². The first-order valence-electron chi connectivity index (χ1n) is 10.9. The molecule has 4 rings (SSSR count). The molecule has 0 aliphatic carbocycles. The van der Waals surface area contributed by atoms with E-state index in [1.54, 1.807) is 6.07 Å². The number of fused-ring (bicyclic) bond motifs is 1. The van der Waals surface area contributed by atoms with Gasteiger partial charge in [-0.2, -0.15) is 4.98 Å². The molecule has 1 heterocycles. The van der Waals surface area contributed by atoms with Crippen molar-refractivity contribution in [3.63, 3.8) is 0 Å². The Balaban J connectivity index is 1.48. The number of para-hydroxylation sites is 3. The van der Waals surface area contributed by atoms with Crippen LogP contribution in [0.2, 0.25) is 0 Å². The molecule has 0 radical (unpaired) electrons. The molecule has 0 bridgehead atoms. The van der Waals surface area contributed by atoms with Gasteiger partial charge in [-0.15, -0.1) is 0 Å². The number of nitrogens with zero attached hydrogens (tertiary/aromatic N) is 2. The Hall–Kier alpha value is -4.00. The summed E-state index contributed by atoms with van der Waals surface area (Å²) in [7, 11) is 0. The molecule has 0 fully saturated rings. The average molecular weight is 447 g/mol. The molecule has 7 heteroatoms. The molecule has 170 valence electrons. The van der Waals surface area contributed by atoms with Gasteiger partial charge < -0.3 is 23.9 Å². The van der Waals surface area contributed by atoms with Crippen LogP contribution in [0.3, 0.4) is 0 Å². The minimum absolute atomic E-state index is 0.507. The highest BCUT2D eigenvalue weighted by Crippen LogP contribution is 2.25. The third-order valence-electron chi connectivity index (χ3n) is 5.07. The van der Waals surface area contributed by atoms with E-state index >= 15 is 0 Å². The number of benzene rings is 3. The molecule has 0 aliphatic heterocycles. The van der Waals surface area contributed by atoms with Crippen LogP contribution >= 0.6 is 0 Å². The Morgan fingerprint density at radius 2 is 1.79 bits per heavy atom. The Labute approximate surface area is 192 Å². The third-order valence-corrected chi connectivity index (χ3v) is 5.07. The minimum atomic E-state index is -1.01. The number of aromatic nitrogens is 1. The molecule has 0 aliphatic rings. The maximum atomic E-state index is 11.1. The van der Waals surface area contributed by atoms with Gasteiger partial charge in [-0.3, -0.25) is 0 Å². The number of rotatable bonds is 11. The van der Waals surface area contributed by atoms with Crippen molar-refractivity contribution >= 4 is 23.1 Å². The summed E-state index contributed by atoms with van der Waals surface area (Å²) in [5.41, 5.74) is 2.48. The summed E-state index contributed by atoms with van der Waals surface area (Å²) in [6.07, 6.45) is -0.164. The molecule has 3 aromatic carbocycles. The quantitative estimate of drug-likeness (QED) is 0.319. The predicted octanol–water partition coefficient (Wildman–Crippen LogP) is 5.16. The van der Waals surface area contributed by atoms with E-state index in [1.807, 2.05) is 77.7 Å². The van der Waals surface area contributed by atoms with Gasteiger partial charge >= 0.3 is 5.97 Å². The zero-order valence-electron chi connectivity index (χ0n) is 18.4. The van der Waals surface area contributed by atoms with Crippen molar-refractivity contribution in [2.75, 3.05) is 18.1 Å². The van der Waals surface area contributed by atoms with Crippen LogP contribution in [0.25, 0.3) is 11.1 Å². The van der Waals surface area contributed by atoms with Gasteiger partial charge in [-0.1, -0.05) is 42.5 Å². The second kappa shape index (κ2) is 10.5. The van der Waals surface area contributed by atoms with Crippen molar-refractivity contribution in [2.24, 2.45) is 0 Å². The zero-order valence-corrected chi connectivity index (χ0v) is 18.4. The summed E-state index contributed by atoms with van der Waals surface area (Å²) in [6.45, 7) is 3.25. The second-order valence-corrected chi connectivity index (χ2v) is 7.65. The summed E-state index contributed by atoms with van der Waals surface area (Å²) >= 11 is 0. The normalized spacial score (nSPS) is 11.8. The second-order valence-electron chi connectivity index (χ2n) is 7.65. The van der Waals surface area contributed by atoms with Crippen LogP contribution in [0.4, 0.5) is 6.01 Å². The monoisotopic (exact) mass is 446 g/mol. The van der Waals surface area contributed by atoms with Gasteiger partial charge in [0.2, 0.25) is 0 Å². The third kappa shape index (κ3) is 6.04. The number of ether oxygens (including phenoxy) is 2. The van der Waals surface area contributed by atoms with Gasteiger partial charge in [-0.25, -0.2) is 4.79 Å². The molecule has 33 heavy (non-hydrogen) atoms. The van der Waals surface area contributed by atoms with Crippen molar-refractivity contribution in [3.8, 4) is 11.5 Å². The van der Waals surface area contributed by atoms with Crippen LogP contribution < -0.4 is 14.4 Å². The molecule has 0 saturated carbocycles. The molecule has 1 N–H and O–H groups in total. The molecular formula is C26H26N2O5. The molecule has 4 aromatic rings. The van der Waals surface area contributed by atoms with Crippen molar-refractivity contribution in [3.05, 3.63) is 84.4 Å². The van der Waals surface area contributed by atoms with Gasteiger partial charge in [0.25, 0.3) is 6.01 Å². The summed E-state index contributed by atoms with van der Waals surface area (Å²) in [5.74, 6) is 0.336. The largest absolute Gasteiger partial charge is 0.494 e. The number of anilines is 1. The van der Waals surface area contributed by atoms with Crippen molar-refractivity contribution < 1.29 is 23.8 Å². The van der Waals surface area contributed by atoms with Crippen LogP contribution in [0.15, 0.2) is 83.3 Å². The minimum Gasteiger partial charge on any atom is -0.494 e. The topological polar surface area (TPSA) is 85.0 Å². The average Bonchev–Trinajstić information content (AvgIpc) is 3.26. The van der Waals surface area contributed by atoms with Gasteiger partial charge in [0.15, 0.2) is 11.7 Å². The van der Waals surface area contributed by atoms with E-state index in [-0.39, 0.29) is 0 Å². The van der Waals surface area contributed by atoms with Crippen molar-refractivity contribution in [1.29, 1.82) is 0 Å². The van der Waals surface area contributed by atoms with E-state index in [0.29, 0.717) is 31.5 Å². The lowest BCUT2D eigenvalue weighted by atomic mass is 10.2. The van der Waals surface area contributed by atoms with Crippen LogP contribution in [0.5, 0.6) is 11.5 Å². The number of hydrogen-bond acceptors (Lipinski definition) is 6. The molecule has 0 unspecified atom stereocenters. The maximum Gasteiger partial charge on any atom is 0.344 e. The molecule has 0 amide bonds.